The first-order valence-corrected chi connectivity index (χ1v) is 7.85. The second kappa shape index (κ2) is 7.46. The van der Waals surface area contributed by atoms with Crippen LogP contribution in [-0.2, 0) is 4.74 Å². The van der Waals surface area contributed by atoms with Crippen molar-refractivity contribution in [2.75, 3.05) is 26.1 Å². The molecule has 0 aliphatic carbocycles. The van der Waals surface area contributed by atoms with Gasteiger partial charge in [-0.25, -0.2) is 10.9 Å². The van der Waals surface area contributed by atoms with E-state index in [1.54, 1.807) is 7.11 Å². The van der Waals surface area contributed by atoms with E-state index in [0.717, 1.165) is 23.4 Å². The van der Waals surface area contributed by atoms with Gasteiger partial charge in [-0.15, -0.1) is 0 Å². The van der Waals surface area contributed by atoms with Gasteiger partial charge < -0.3 is 15.2 Å². The lowest BCUT2D eigenvalue weighted by Gasteiger charge is -2.16. The van der Waals surface area contributed by atoms with Crippen LogP contribution in [0.15, 0.2) is 48.5 Å². The molecule has 4 N–H and O–H groups in total. The van der Waals surface area contributed by atoms with Gasteiger partial charge in [-0.2, -0.15) is 0 Å². The lowest BCUT2D eigenvalue weighted by molar-refractivity contribution is 0.145. The zero-order chi connectivity index (χ0) is 16.1. The lowest BCUT2D eigenvalue weighted by Crippen LogP contribution is -2.27. The van der Waals surface area contributed by atoms with Crippen LogP contribution in [-0.4, -0.2) is 20.3 Å². The van der Waals surface area contributed by atoms with Crippen LogP contribution in [0.2, 0.25) is 0 Å². The topological polar surface area (TPSA) is 68.5 Å². The zero-order valence-electron chi connectivity index (χ0n) is 13.3. The van der Waals surface area contributed by atoms with Crippen molar-refractivity contribution in [1.29, 1.82) is 0 Å². The number of hydrogen-bond donors (Lipinski definition) is 3. The summed E-state index contributed by atoms with van der Waals surface area (Å²) in [4.78, 5) is 0. The Bertz CT molecular complexity index is 630. The van der Waals surface area contributed by atoms with E-state index >= 15 is 0 Å². The number of nitrogen functional groups attached to an aromatic ring is 1. The minimum Gasteiger partial charge on any atom is -0.491 e. The van der Waals surface area contributed by atoms with E-state index in [0.29, 0.717) is 13.2 Å². The van der Waals surface area contributed by atoms with Crippen LogP contribution in [0.1, 0.15) is 29.6 Å². The van der Waals surface area contributed by atoms with Crippen molar-refractivity contribution in [3.05, 3.63) is 59.7 Å². The molecule has 1 fully saturated rings. The molecule has 0 spiro atoms. The maximum Gasteiger partial charge on any atom is 0.124 e. The summed E-state index contributed by atoms with van der Waals surface area (Å²) in [6.07, 6.45) is 0.953. The van der Waals surface area contributed by atoms with Crippen molar-refractivity contribution in [3.63, 3.8) is 0 Å². The number of nitrogens with one attached hydrogen (secondary N) is 2. The Hall–Kier alpha value is -2.08. The Morgan fingerprint density at radius 3 is 2.52 bits per heavy atom. The van der Waals surface area contributed by atoms with E-state index < -0.39 is 0 Å². The fourth-order valence-electron chi connectivity index (χ4n) is 2.84. The maximum atomic E-state index is 5.84. The molecule has 2 aromatic carbocycles. The highest BCUT2D eigenvalue weighted by Crippen LogP contribution is 2.35. The molecule has 2 unspecified atom stereocenters. The number of methoxy groups -OCH3 is 1. The van der Waals surface area contributed by atoms with Crippen molar-refractivity contribution < 1.29 is 9.47 Å². The van der Waals surface area contributed by atoms with Crippen LogP contribution in [0.3, 0.4) is 0 Å². The number of para-hydroxylation sites is 1. The number of hydrogen-bond acceptors (Lipinski definition) is 5. The van der Waals surface area contributed by atoms with Gasteiger partial charge >= 0.3 is 0 Å². The highest BCUT2D eigenvalue weighted by Gasteiger charge is 2.27. The number of benzene rings is 2. The molecule has 1 aliphatic rings. The predicted molar refractivity (Wildman–Crippen MR) is 91.0 cm³/mol. The second-order valence-corrected chi connectivity index (χ2v) is 5.68. The molecule has 0 saturated carbocycles. The third-order valence-corrected chi connectivity index (χ3v) is 4.08. The van der Waals surface area contributed by atoms with Gasteiger partial charge in [-0.1, -0.05) is 30.3 Å². The quantitative estimate of drug-likeness (QED) is 0.565. The van der Waals surface area contributed by atoms with Gasteiger partial charge in [0.2, 0.25) is 0 Å². The van der Waals surface area contributed by atoms with E-state index in [9.17, 15) is 0 Å². The van der Waals surface area contributed by atoms with Crippen molar-refractivity contribution >= 4 is 5.69 Å². The van der Waals surface area contributed by atoms with Gasteiger partial charge in [0, 0.05) is 24.4 Å². The van der Waals surface area contributed by atoms with Gasteiger partial charge in [0.25, 0.3) is 0 Å². The maximum absolute atomic E-state index is 5.84. The number of hydrazine groups is 1. The average molecular weight is 313 g/mol. The SMILES string of the molecule is COCCOc1ccccc1C1CC(c2ccc(N)cc2)NN1. The fraction of sp³-hybridized carbons (Fsp3) is 0.333. The smallest absolute Gasteiger partial charge is 0.124 e. The van der Waals surface area contributed by atoms with Crippen LogP contribution in [0, 0.1) is 0 Å². The predicted octanol–water partition coefficient (Wildman–Crippen LogP) is 2.57. The molecule has 0 aromatic heterocycles. The molecule has 23 heavy (non-hydrogen) atoms. The first-order valence-electron chi connectivity index (χ1n) is 7.85. The van der Waals surface area contributed by atoms with Crippen molar-refractivity contribution in [2.45, 2.75) is 18.5 Å². The summed E-state index contributed by atoms with van der Waals surface area (Å²) in [5.41, 5.74) is 15.7. The largest absolute Gasteiger partial charge is 0.491 e. The average Bonchev–Trinajstić information content (AvgIpc) is 3.06. The Morgan fingerprint density at radius 1 is 1.00 bits per heavy atom. The van der Waals surface area contributed by atoms with Crippen LogP contribution in [0.25, 0.3) is 0 Å². The third-order valence-electron chi connectivity index (χ3n) is 4.08. The van der Waals surface area contributed by atoms with E-state index in [1.807, 2.05) is 30.3 Å². The molecule has 2 aromatic rings. The molecule has 5 nitrogen and oxygen atoms in total. The molecular formula is C18H23N3O2. The molecule has 5 heteroatoms. The Balaban J connectivity index is 1.70. The molecule has 1 heterocycles. The van der Waals surface area contributed by atoms with Crippen LogP contribution in [0.5, 0.6) is 5.75 Å². The van der Waals surface area contributed by atoms with Gasteiger partial charge in [-0.05, 0) is 30.2 Å². The standard InChI is InChI=1S/C18H23N3O2/c1-22-10-11-23-18-5-3-2-4-15(18)17-12-16(20-21-17)13-6-8-14(19)9-7-13/h2-9,16-17,20-21H,10-12,19H2,1H3. The third kappa shape index (κ3) is 3.82. The summed E-state index contributed by atoms with van der Waals surface area (Å²) < 4.78 is 10.9. The van der Waals surface area contributed by atoms with Gasteiger partial charge in [0.05, 0.1) is 12.6 Å². The van der Waals surface area contributed by atoms with Crippen molar-refractivity contribution in [3.8, 4) is 5.75 Å². The van der Waals surface area contributed by atoms with E-state index in [1.165, 1.54) is 5.56 Å². The molecule has 3 rings (SSSR count). The molecule has 1 aliphatic heterocycles. The summed E-state index contributed by atoms with van der Waals surface area (Å²) >= 11 is 0. The summed E-state index contributed by atoms with van der Waals surface area (Å²) in [5, 5.41) is 0. The van der Waals surface area contributed by atoms with E-state index in [4.69, 9.17) is 15.2 Å². The lowest BCUT2D eigenvalue weighted by atomic mass is 9.97. The molecule has 1 saturated heterocycles. The van der Waals surface area contributed by atoms with Crippen molar-refractivity contribution in [1.82, 2.24) is 10.9 Å². The summed E-state index contributed by atoms with van der Waals surface area (Å²) in [6.45, 7) is 1.13. The highest BCUT2D eigenvalue weighted by molar-refractivity contribution is 5.41. The summed E-state index contributed by atoms with van der Waals surface area (Å²) in [6, 6.07) is 16.6. The summed E-state index contributed by atoms with van der Waals surface area (Å²) in [5.74, 6) is 0.904. The zero-order valence-corrected chi connectivity index (χ0v) is 13.3. The Labute approximate surface area is 136 Å². The van der Waals surface area contributed by atoms with E-state index in [2.05, 4.69) is 29.1 Å². The normalized spacial score (nSPS) is 20.6. The Morgan fingerprint density at radius 2 is 1.74 bits per heavy atom. The molecule has 122 valence electrons. The van der Waals surface area contributed by atoms with Crippen LogP contribution >= 0.6 is 0 Å². The molecule has 2 atom stereocenters. The van der Waals surface area contributed by atoms with Crippen LogP contribution in [0.4, 0.5) is 5.69 Å². The Kier molecular flexibility index (Phi) is 5.12. The minimum absolute atomic E-state index is 0.205. The minimum atomic E-state index is 0.205. The van der Waals surface area contributed by atoms with Gasteiger partial charge in [-0.3, -0.25) is 0 Å². The second-order valence-electron chi connectivity index (χ2n) is 5.68. The first-order chi connectivity index (χ1) is 11.3. The summed E-state index contributed by atoms with van der Waals surface area (Å²) in [7, 11) is 1.68. The fourth-order valence-corrected chi connectivity index (χ4v) is 2.84. The highest BCUT2D eigenvalue weighted by atomic mass is 16.5. The molecule has 0 amide bonds. The van der Waals surface area contributed by atoms with Gasteiger partial charge in [0.15, 0.2) is 0 Å². The van der Waals surface area contributed by atoms with E-state index in [-0.39, 0.29) is 12.1 Å². The number of ether oxygens (including phenoxy) is 2. The number of rotatable bonds is 6. The molecule has 0 bridgehead atoms. The monoisotopic (exact) mass is 313 g/mol. The van der Waals surface area contributed by atoms with Crippen molar-refractivity contribution in [2.24, 2.45) is 0 Å². The molecule has 0 radical (unpaired) electrons. The first kappa shape index (κ1) is 15.8. The number of anilines is 1. The number of nitrogens with two attached hydrogens (primary N) is 1. The van der Waals surface area contributed by atoms with Crippen LogP contribution < -0.4 is 21.3 Å². The van der Waals surface area contributed by atoms with Gasteiger partial charge in [0.1, 0.15) is 12.4 Å². The molecular weight excluding hydrogens is 290 g/mol.